The van der Waals surface area contributed by atoms with Crippen LogP contribution in [0.4, 0.5) is 0 Å². The number of carboxylic acids is 1. The Morgan fingerprint density at radius 3 is 2.88 bits per heavy atom. The summed E-state index contributed by atoms with van der Waals surface area (Å²) in [4.78, 5) is 16.7. The summed E-state index contributed by atoms with van der Waals surface area (Å²) in [6.45, 7) is 2.51. The van der Waals surface area contributed by atoms with Crippen molar-refractivity contribution in [2.75, 3.05) is 13.1 Å². The van der Waals surface area contributed by atoms with Crippen LogP contribution in [0.2, 0.25) is 0 Å². The van der Waals surface area contributed by atoms with Crippen LogP contribution in [0.15, 0.2) is 10.9 Å². The molecule has 0 radical (unpaired) electrons. The molecule has 0 amide bonds. The van der Waals surface area contributed by atoms with E-state index in [4.69, 9.17) is 5.11 Å². The van der Waals surface area contributed by atoms with Crippen LogP contribution in [0.25, 0.3) is 0 Å². The molecule has 88 valence electrons. The molecule has 0 bridgehead atoms. The van der Waals surface area contributed by atoms with E-state index < -0.39 is 5.97 Å². The van der Waals surface area contributed by atoms with E-state index in [1.165, 1.54) is 6.39 Å². The van der Waals surface area contributed by atoms with Crippen LogP contribution in [0.5, 0.6) is 0 Å². The van der Waals surface area contributed by atoms with Gasteiger partial charge in [-0.25, -0.2) is 0 Å². The first kappa shape index (κ1) is 11.1. The Morgan fingerprint density at radius 2 is 2.31 bits per heavy atom. The highest BCUT2D eigenvalue weighted by molar-refractivity contribution is 5.67. The first-order valence-corrected chi connectivity index (χ1v) is 5.43. The molecular formula is C10H15N3O3. The summed E-state index contributed by atoms with van der Waals surface area (Å²) < 4.78 is 4.66. The molecule has 1 aliphatic rings. The molecule has 6 nitrogen and oxygen atoms in total. The number of hydrogen-bond donors (Lipinski definition) is 1. The van der Waals surface area contributed by atoms with Gasteiger partial charge in [0.15, 0.2) is 5.82 Å². The molecule has 1 aromatic heterocycles. The Bertz CT molecular complexity index is 331. The summed E-state index contributed by atoms with van der Waals surface area (Å²) in [5.41, 5.74) is 0. The average Bonchev–Trinajstić information content (AvgIpc) is 2.73. The van der Waals surface area contributed by atoms with Gasteiger partial charge in [-0.1, -0.05) is 5.16 Å². The first-order chi connectivity index (χ1) is 7.74. The second-order valence-electron chi connectivity index (χ2n) is 4.16. The quantitative estimate of drug-likeness (QED) is 0.814. The number of likely N-dealkylation sites (tertiary alicyclic amines) is 1. The molecule has 1 N–H and O–H groups in total. The molecule has 1 aromatic rings. The van der Waals surface area contributed by atoms with Crippen LogP contribution in [0.1, 0.15) is 25.1 Å². The third kappa shape index (κ3) is 3.03. The summed E-state index contributed by atoms with van der Waals surface area (Å²) >= 11 is 0. The molecule has 0 unspecified atom stereocenters. The molecule has 0 aliphatic carbocycles. The van der Waals surface area contributed by atoms with Gasteiger partial charge in [-0.3, -0.25) is 9.69 Å². The average molecular weight is 225 g/mol. The van der Waals surface area contributed by atoms with Crippen molar-refractivity contribution in [2.45, 2.75) is 25.8 Å². The predicted octanol–water partition coefficient (Wildman–Crippen LogP) is 0.756. The number of hydrogen-bond acceptors (Lipinski definition) is 5. The van der Waals surface area contributed by atoms with Gasteiger partial charge in [-0.2, -0.15) is 4.98 Å². The zero-order valence-electron chi connectivity index (χ0n) is 9.00. The van der Waals surface area contributed by atoms with E-state index in [9.17, 15) is 4.79 Å². The highest BCUT2D eigenvalue weighted by Crippen LogP contribution is 2.21. The lowest BCUT2D eigenvalue weighted by Gasteiger charge is -2.30. The third-order valence-electron chi connectivity index (χ3n) is 2.94. The minimum absolute atomic E-state index is 0.288. The maximum atomic E-state index is 10.6. The Hall–Kier alpha value is -1.43. The zero-order valence-corrected chi connectivity index (χ0v) is 9.00. The Balaban J connectivity index is 1.75. The van der Waals surface area contributed by atoms with Crippen molar-refractivity contribution >= 4 is 5.97 Å². The van der Waals surface area contributed by atoms with Gasteiger partial charge in [0.1, 0.15) is 0 Å². The number of carboxylic acid groups (broad SMARTS) is 1. The van der Waals surface area contributed by atoms with Crippen molar-refractivity contribution in [3.05, 3.63) is 12.2 Å². The van der Waals surface area contributed by atoms with Crippen LogP contribution in [-0.2, 0) is 11.3 Å². The number of carbonyl (C=O) groups is 1. The van der Waals surface area contributed by atoms with Crippen LogP contribution in [-0.4, -0.2) is 39.2 Å². The van der Waals surface area contributed by atoms with E-state index in [0.717, 1.165) is 25.9 Å². The number of piperidine rings is 1. The molecule has 1 saturated heterocycles. The fraction of sp³-hybridized carbons (Fsp3) is 0.700. The molecule has 0 saturated carbocycles. The number of aliphatic carboxylic acids is 1. The van der Waals surface area contributed by atoms with E-state index in [0.29, 0.717) is 18.3 Å². The second kappa shape index (κ2) is 5.07. The zero-order chi connectivity index (χ0) is 11.4. The first-order valence-electron chi connectivity index (χ1n) is 5.43. The summed E-state index contributed by atoms with van der Waals surface area (Å²) in [5, 5.41) is 12.4. The second-order valence-corrected chi connectivity index (χ2v) is 4.16. The number of nitrogens with zero attached hydrogens (tertiary/aromatic N) is 3. The van der Waals surface area contributed by atoms with Crippen molar-refractivity contribution < 1.29 is 14.4 Å². The van der Waals surface area contributed by atoms with Gasteiger partial charge in [0.2, 0.25) is 6.39 Å². The Labute approximate surface area is 93.2 Å². The lowest BCUT2D eigenvalue weighted by atomic mass is 9.94. The number of aromatic nitrogens is 2. The largest absolute Gasteiger partial charge is 0.481 e. The Morgan fingerprint density at radius 1 is 1.56 bits per heavy atom. The van der Waals surface area contributed by atoms with Crippen molar-refractivity contribution in [3.63, 3.8) is 0 Å². The Kier molecular flexibility index (Phi) is 3.51. The van der Waals surface area contributed by atoms with Gasteiger partial charge in [-0.15, -0.1) is 0 Å². The van der Waals surface area contributed by atoms with Gasteiger partial charge in [0.05, 0.1) is 6.54 Å². The molecule has 0 atom stereocenters. The van der Waals surface area contributed by atoms with E-state index in [-0.39, 0.29) is 6.42 Å². The molecule has 0 spiro atoms. The van der Waals surface area contributed by atoms with Crippen molar-refractivity contribution in [3.8, 4) is 0 Å². The minimum atomic E-state index is -0.698. The highest BCUT2D eigenvalue weighted by atomic mass is 16.5. The normalized spacial score (nSPS) is 18.8. The molecule has 16 heavy (non-hydrogen) atoms. The number of rotatable bonds is 4. The molecule has 2 rings (SSSR count). The standard InChI is InChI=1S/C10H15N3O3/c14-10(15)5-8-1-3-13(4-2-8)6-9-11-7-16-12-9/h7-8H,1-6H2,(H,14,15). The fourth-order valence-corrected chi connectivity index (χ4v) is 2.06. The maximum Gasteiger partial charge on any atom is 0.303 e. The summed E-state index contributed by atoms with van der Waals surface area (Å²) in [6.07, 6.45) is 3.48. The SMILES string of the molecule is O=C(O)CC1CCN(Cc2ncon2)CC1. The molecular weight excluding hydrogens is 210 g/mol. The predicted molar refractivity (Wildman–Crippen MR) is 54.6 cm³/mol. The van der Waals surface area contributed by atoms with Gasteiger partial charge in [0.25, 0.3) is 0 Å². The van der Waals surface area contributed by atoms with Crippen molar-refractivity contribution in [2.24, 2.45) is 5.92 Å². The lowest BCUT2D eigenvalue weighted by molar-refractivity contribution is -0.138. The summed E-state index contributed by atoms with van der Waals surface area (Å²) in [5.74, 6) is 0.312. The molecule has 1 aliphatic heterocycles. The van der Waals surface area contributed by atoms with Gasteiger partial charge in [0, 0.05) is 6.42 Å². The maximum absolute atomic E-state index is 10.6. The van der Waals surface area contributed by atoms with E-state index in [2.05, 4.69) is 19.6 Å². The minimum Gasteiger partial charge on any atom is -0.481 e. The summed E-state index contributed by atoms with van der Waals surface area (Å²) in [6, 6.07) is 0. The van der Waals surface area contributed by atoms with Crippen molar-refractivity contribution in [1.82, 2.24) is 15.0 Å². The molecule has 6 heteroatoms. The summed E-state index contributed by atoms with van der Waals surface area (Å²) in [7, 11) is 0. The molecule has 0 aromatic carbocycles. The van der Waals surface area contributed by atoms with Gasteiger partial charge >= 0.3 is 5.97 Å². The fourth-order valence-electron chi connectivity index (χ4n) is 2.06. The van der Waals surface area contributed by atoms with Gasteiger partial charge < -0.3 is 9.63 Å². The monoisotopic (exact) mass is 225 g/mol. The molecule has 2 heterocycles. The van der Waals surface area contributed by atoms with Crippen LogP contribution < -0.4 is 0 Å². The third-order valence-corrected chi connectivity index (χ3v) is 2.94. The van der Waals surface area contributed by atoms with Gasteiger partial charge in [-0.05, 0) is 31.8 Å². The highest BCUT2D eigenvalue weighted by Gasteiger charge is 2.21. The molecule has 1 fully saturated rings. The van der Waals surface area contributed by atoms with E-state index in [1.807, 2.05) is 0 Å². The van der Waals surface area contributed by atoms with E-state index >= 15 is 0 Å². The lowest BCUT2D eigenvalue weighted by Crippen LogP contribution is -2.34. The topological polar surface area (TPSA) is 79.5 Å². The van der Waals surface area contributed by atoms with Crippen molar-refractivity contribution in [1.29, 1.82) is 0 Å². The van der Waals surface area contributed by atoms with Crippen LogP contribution in [0.3, 0.4) is 0 Å². The van der Waals surface area contributed by atoms with E-state index in [1.54, 1.807) is 0 Å². The smallest absolute Gasteiger partial charge is 0.303 e. The van der Waals surface area contributed by atoms with Crippen LogP contribution in [0, 0.1) is 5.92 Å². The van der Waals surface area contributed by atoms with Crippen LogP contribution >= 0.6 is 0 Å².